The van der Waals surface area contributed by atoms with E-state index in [0.29, 0.717) is 11.8 Å². The molecule has 0 aromatic carbocycles. The Kier molecular flexibility index (Phi) is 3.34. The molecule has 1 aliphatic carbocycles. The summed E-state index contributed by atoms with van der Waals surface area (Å²) in [5.41, 5.74) is 0.358. The highest BCUT2D eigenvalue weighted by atomic mass is 16.5. The lowest BCUT2D eigenvalue weighted by molar-refractivity contribution is -0.151. The summed E-state index contributed by atoms with van der Waals surface area (Å²) in [7, 11) is 0. The van der Waals surface area contributed by atoms with E-state index in [9.17, 15) is 4.79 Å². The highest BCUT2D eigenvalue weighted by Crippen LogP contribution is 2.36. The van der Waals surface area contributed by atoms with E-state index in [1.807, 2.05) is 6.92 Å². The van der Waals surface area contributed by atoms with E-state index in [4.69, 9.17) is 4.74 Å². The Balaban J connectivity index is 2.39. The third-order valence-corrected chi connectivity index (χ3v) is 2.75. The van der Waals surface area contributed by atoms with Crippen LogP contribution in [0.25, 0.3) is 0 Å². The molecule has 0 N–H and O–H groups in total. The van der Waals surface area contributed by atoms with Gasteiger partial charge in [0.2, 0.25) is 0 Å². The summed E-state index contributed by atoms with van der Waals surface area (Å²) in [6, 6.07) is 0. The van der Waals surface area contributed by atoms with E-state index in [-0.39, 0.29) is 12.1 Å². The zero-order valence-electron chi connectivity index (χ0n) is 8.93. The first-order valence-electron chi connectivity index (χ1n) is 5.23. The summed E-state index contributed by atoms with van der Waals surface area (Å²) in [6.45, 7) is 6.34. The van der Waals surface area contributed by atoms with Crippen LogP contribution in [0.1, 0.15) is 52.9 Å². The van der Waals surface area contributed by atoms with Crippen molar-refractivity contribution in [2.24, 2.45) is 5.41 Å². The molecule has 2 nitrogen and oxygen atoms in total. The SMILES string of the molecule is CCC(=O)O[C@H]1CCCC(C)(C)C1. The third kappa shape index (κ3) is 3.37. The number of hydrogen-bond donors (Lipinski definition) is 0. The molecule has 13 heavy (non-hydrogen) atoms. The minimum Gasteiger partial charge on any atom is -0.462 e. The Hall–Kier alpha value is -0.530. The number of ether oxygens (including phenoxy) is 1. The highest BCUT2D eigenvalue weighted by molar-refractivity contribution is 5.69. The molecule has 1 saturated carbocycles. The van der Waals surface area contributed by atoms with Crippen molar-refractivity contribution < 1.29 is 9.53 Å². The van der Waals surface area contributed by atoms with Crippen LogP contribution in [-0.4, -0.2) is 12.1 Å². The summed E-state index contributed by atoms with van der Waals surface area (Å²) in [6.07, 6.45) is 5.20. The van der Waals surface area contributed by atoms with E-state index in [2.05, 4.69) is 13.8 Å². The summed E-state index contributed by atoms with van der Waals surface area (Å²) in [5, 5.41) is 0. The Bertz CT molecular complexity index is 185. The van der Waals surface area contributed by atoms with Crippen LogP contribution in [0.2, 0.25) is 0 Å². The van der Waals surface area contributed by atoms with Crippen LogP contribution in [0, 0.1) is 5.41 Å². The van der Waals surface area contributed by atoms with Crippen LogP contribution in [0.15, 0.2) is 0 Å². The van der Waals surface area contributed by atoms with E-state index in [1.54, 1.807) is 0 Å². The van der Waals surface area contributed by atoms with Gasteiger partial charge in [-0.25, -0.2) is 0 Å². The lowest BCUT2D eigenvalue weighted by Gasteiger charge is -2.34. The van der Waals surface area contributed by atoms with Crippen molar-refractivity contribution in [2.75, 3.05) is 0 Å². The molecule has 0 amide bonds. The fraction of sp³-hybridized carbons (Fsp3) is 0.909. The van der Waals surface area contributed by atoms with Gasteiger partial charge in [-0.2, -0.15) is 0 Å². The van der Waals surface area contributed by atoms with Crippen molar-refractivity contribution in [3.63, 3.8) is 0 Å². The van der Waals surface area contributed by atoms with E-state index in [0.717, 1.165) is 12.8 Å². The molecule has 1 fully saturated rings. The van der Waals surface area contributed by atoms with Crippen molar-refractivity contribution >= 4 is 5.97 Å². The number of hydrogen-bond acceptors (Lipinski definition) is 2. The van der Waals surface area contributed by atoms with Gasteiger partial charge < -0.3 is 4.74 Å². The standard InChI is InChI=1S/C11H20O2/c1-4-10(12)13-9-6-5-7-11(2,3)8-9/h9H,4-8H2,1-3H3/t9-/m0/s1. The summed E-state index contributed by atoms with van der Waals surface area (Å²) < 4.78 is 5.34. The first-order valence-corrected chi connectivity index (χ1v) is 5.23. The molecule has 76 valence electrons. The van der Waals surface area contributed by atoms with Crippen LogP contribution in [0.5, 0.6) is 0 Å². The lowest BCUT2D eigenvalue weighted by Crippen LogP contribution is -2.29. The van der Waals surface area contributed by atoms with E-state index >= 15 is 0 Å². The largest absolute Gasteiger partial charge is 0.462 e. The minimum atomic E-state index is -0.0531. The molecule has 1 rings (SSSR count). The molecule has 1 aliphatic rings. The van der Waals surface area contributed by atoms with Crippen LogP contribution >= 0.6 is 0 Å². The Morgan fingerprint density at radius 2 is 2.23 bits per heavy atom. The van der Waals surface area contributed by atoms with Gasteiger partial charge in [-0.05, 0) is 31.1 Å². The third-order valence-electron chi connectivity index (χ3n) is 2.75. The second kappa shape index (κ2) is 4.12. The molecule has 1 atom stereocenters. The monoisotopic (exact) mass is 184 g/mol. The van der Waals surface area contributed by atoms with Gasteiger partial charge in [-0.15, -0.1) is 0 Å². The average molecular weight is 184 g/mol. The fourth-order valence-electron chi connectivity index (χ4n) is 2.00. The van der Waals surface area contributed by atoms with Gasteiger partial charge in [0.25, 0.3) is 0 Å². The predicted molar refractivity (Wildman–Crippen MR) is 52.4 cm³/mol. The molecule has 0 aliphatic heterocycles. The lowest BCUT2D eigenvalue weighted by atomic mass is 9.76. The van der Waals surface area contributed by atoms with Crippen molar-refractivity contribution in [3.05, 3.63) is 0 Å². The normalized spacial score (nSPS) is 26.8. The van der Waals surface area contributed by atoms with E-state index in [1.165, 1.54) is 12.8 Å². The Morgan fingerprint density at radius 3 is 2.77 bits per heavy atom. The van der Waals surface area contributed by atoms with Gasteiger partial charge in [0.05, 0.1) is 0 Å². The number of rotatable bonds is 2. The molecular formula is C11H20O2. The van der Waals surface area contributed by atoms with Crippen molar-refractivity contribution in [2.45, 2.75) is 59.0 Å². The fourth-order valence-corrected chi connectivity index (χ4v) is 2.00. The van der Waals surface area contributed by atoms with Crippen molar-refractivity contribution in [1.82, 2.24) is 0 Å². The van der Waals surface area contributed by atoms with Gasteiger partial charge in [-0.3, -0.25) is 4.79 Å². The number of carbonyl (C=O) groups excluding carboxylic acids is 1. The second-order valence-electron chi connectivity index (χ2n) is 4.73. The van der Waals surface area contributed by atoms with Gasteiger partial charge in [0.15, 0.2) is 0 Å². The first-order chi connectivity index (χ1) is 6.03. The number of esters is 1. The van der Waals surface area contributed by atoms with Gasteiger partial charge in [0, 0.05) is 6.42 Å². The predicted octanol–water partition coefficient (Wildman–Crippen LogP) is 2.91. The topological polar surface area (TPSA) is 26.3 Å². The van der Waals surface area contributed by atoms with Crippen LogP contribution in [0.3, 0.4) is 0 Å². The number of carbonyl (C=O) groups is 1. The maximum atomic E-state index is 11.1. The summed E-state index contributed by atoms with van der Waals surface area (Å²) in [5.74, 6) is -0.0531. The molecule has 0 spiro atoms. The van der Waals surface area contributed by atoms with Gasteiger partial charge in [-0.1, -0.05) is 20.8 Å². The maximum Gasteiger partial charge on any atom is 0.305 e. The minimum absolute atomic E-state index is 0.0531. The summed E-state index contributed by atoms with van der Waals surface area (Å²) in [4.78, 5) is 11.1. The molecule has 0 aromatic rings. The molecule has 0 aromatic heterocycles. The molecule has 0 radical (unpaired) electrons. The molecule has 0 bridgehead atoms. The summed E-state index contributed by atoms with van der Waals surface area (Å²) >= 11 is 0. The maximum absolute atomic E-state index is 11.1. The molecule has 0 unspecified atom stereocenters. The highest BCUT2D eigenvalue weighted by Gasteiger charge is 2.29. The molecular weight excluding hydrogens is 164 g/mol. The van der Waals surface area contributed by atoms with Gasteiger partial charge >= 0.3 is 5.97 Å². The van der Waals surface area contributed by atoms with Crippen LogP contribution in [0.4, 0.5) is 0 Å². The first kappa shape index (κ1) is 10.6. The zero-order chi connectivity index (χ0) is 9.90. The Morgan fingerprint density at radius 1 is 1.54 bits per heavy atom. The Labute approximate surface area is 80.7 Å². The van der Waals surface area contributed by atoms with E-state index < -0.39 is 0 Å². The van der Waals surface area contributed by atoms with Crippen molar-refractivity contribution in [1.29, 1.82) is 0 Å². The van der Waals surface area contributed by atoms with Crippen LogP contribution in [-0.2, 0) is 9.53 Å². The molecule has 2 heteroatoms. The van der Waals surface area contributed by atoms with Crippen molar-refractivity contribution in [3.8, 4) is 0 Å². The zero-order valence-corrected chi connectivity index (χ0v) is 8.93. The smallest absolute Gasteiger partial charge is 0.305 e. The van der Waals surface area contributed by atoms with Crippen LogP contribution < -0.4 is 0 Å². The second-order valence-corrected chi connectivity index (χ2v) is 4.73. The van der Waals surface area contributed by atoms with Gasteiger partial charge in [0.1, 0.15) is 6.10 Å². The molecule has 0 heterocycles. The molecule has 0 saturated heterocycles. The average Bonchev–Trinajstić information content (AvgIpc) is 2.02. The quantitative estimate of drug-likeness (QED) is 0.617.